The quantitative estimate of drug-likeness (QED) is 0.0483. The topological polar surface area (TPSA) is 446 Å². The van der Waals surface area contributed by atoms with Crippen LogP contribution in [0.4, 0.5) is 0 Å². The average molecular weight is 1190 g/mol. The maximum atomic E-state index is 14.3. The van der Waals surface area contributed by atoms with E-state index in [1.54, 1.807) is 9.80 Å². The summed E-state index contributed by atoms with van der Waals surface area (Å²) < 4.78 is 10.2. The molecule has 18 N–H and O–H groups in total. The summed E-state index contributed by atoms with van der Waals surface area (Å²) in [7, 11) is 1.50. The number of phenols is 8. The molecule has 0 spiro atoms. The summed E-state index contributed by atoms with van der Waals surface area (Å²) in [5, 5.41) is 110. The van der Waals surface area contributed by atoms with Crippen LogP contribution in [0.1, 0.15) is 115 Å². The first-order chi connectivity index (χ1) is 40.7. The summed E-state index contributed by atoms with van der Waals surface area (Å²) in [5.74, 6) is -14.0. The lowest BCUT2D eigenvalue weighted by atomic mass is 10.0. The molecule has 85 heavy (non-hydrogen) atoms. The number of ether oxygens (including phenoxy) is 2. The number of rotatable bonds is 16. The van der Waals surface area contributed by atoms with Gasteiger partial charge in [-0.1, -0.05) is 6.42 Å². The molecule has 0 aliphatic carbocycles. The van der Waals surface area contributed by atoms with Gasteiger partial charge in [0.2, 0.25) is 0 Å². The second kappa shape index (κ2) is 31.5. The number of aromatic hydroxyl groups is 8. The number of unbranched alkanes of at least 4 members (excludes halogenated alkanes) is 1. The van der Waals surface area contributed by atoms with E-state index in [0.717, 1.165) is 48.5 Å². The lowest BCUT2D eigenvalue weighted by Gasteiger charge is -2.32. The molecule has 29 heteroatoms. The van der Waals surface area contributed by atoms with Gasteiger partial charge in [-0.3, -0.25) is 48.2 Å². The third kappa shape index (κ3) is 17.5. The normalized spacial score (nSPS) is 18.6. The summed E-state index contributed by atoms with van der Waals surface area (Å²) in [6, 6.07) is 7.30. The van der Waals surface area contributed by atoms with Crippen molar-refractivity contribution in [1.82, 2.24) is 52.3 Å². The van der Waals surface area contributed by atoms with E-state index in [-0.39, 0.29) is 140 Å². The lowest BCUT2D eigenvalue weighted by molar-refractivity contribution is 0.0692. The molecule has 4 aromatic rings. The van der Waals surface area contributed by atoms with Gasteiger partial charge in [0.05, 0.1) is 64.3 Å². The summed E-state index contributed by atoms with van der Waals surface area (Å²) in [5.41, 5.74) is 2.73. The van der Waals surface area contributed by atoms with Gasteiger partial charge in [-0.15, -0.1) is 0 Å². The van der Waals surface area contributed by atoms with E-state index in [0.29, 0.717) is 19.4 Å². The summed E-state index contributed by atoms with van der Waals surface area (Å²) in [4.78, 5) is 112. The Balaban J connectivity index is 1.36. The first-order valence-corrected chi connectivity index (χ1v) is 27.5. The summed E-state index contributed by atoms with van der Waals surface area (Å²) in [6.45, 7) is 0.182. The zero-order valence-electron chi connectivity index (χ0n) is 46.8. The van der Waals surface area contributed by atoms with Crippen LogP contribution >= 0.6 is 0 Å². The zero-order valence-corrected chi connectivity index (χ0v) is 46.8. The van der Waals surface area contributed by atoms with E-state index in [4.69, 9.17) is 15.2 Å². The fraction of sp³-hybridized carbons (Fsp3) is 0.429. The highest BCUT2D eigenvalue weighted by Gasteiger charge is 2.29. The van der Waals surface area contributed by atoms with Crippen LogP contribution in [-0.2, 0) is 9.47 Å². The molecule has 12 aliphatic heterocycles. The van der Waals surface area contributed by atoms with Gasteiger partial charge < -0.3 is 98.6 Å². The molecule has 0 radical (unpaired) electrons. The number of hydrogen-bond acceptors (Lipinski definition) is 21. The number of methoxy groups -OCH3 is 1. The Labute approximate surface area is 487 Å². The number of phenolic OH excluding ortho intramolecular Hbond substituents is 8. The highest BCUT2D eigenvalue weighted by atomic mass is 16.5. The second-order valence-electron chi connectivity index (χ2n) is 19.9. The van der Waals surface area contributed by atoms with E-state index in [9.17, 15) is 79.2 Å². The third-order valence-corrected chi connectivity index (χ3v) is 14.0. The molecule has 0 aromatic heterocycles. The van der Waals surface area contributed by atoms with Gasteiger partial charge in [-0.05, 0) is 80.8 Å². The Bertz CT molecular complexity index is 3090. The molecule has 12 heterocycles. The standard InChI is InChI=1S/C56H73N11O18/c1-84-27-28-85-26-21-63-54(81)38-10-7-33(41(68)44(38)71)49(76)58-16-4-6-32-30-67-25-20-62-53(80)35-9-8-34(42(69)43(35)70)50(77)59-17-22-66(24-19-61-52(79)37-12-14-40(56(83)65-32)48(75)46(37)73)23-18-60-51(78)36-11-13-39(47(74)45(36)72)55(82)64-31(29-67)5-2-3-15-57/h7-14,31-32,68-75H,2-6,15-30,57H2,1H3,(H,58,76)(H,59,77)(H,60,78)(H,61,79)(H,62,80)(H,63,81)(H,64,82)(H,65,83). The van der Waals surface area contributed by atoms with Crippen molar-refractivity contribution in [2.75, 3.05) is 112 Å². The van der Waals surface area contributed by atoms with Crippen LogP contribution < -0.4 is 48.3 Å². The minimum absolute atomic E-state index is 0.00893. The van der Waals surface area contributed by atoms with Crippen LogP contribution in [-0.4, -0.2) is 222 Å². The van der Waals surface area contributed by atoms with Gasteiger partial charge in [0, 0.05) is 97.7 Å². The largest absolute Gasteiger partial charge is 0.504 e. The number of nitrogens with one attached hydrogen (secondary N) is 8. The molecule has 8 bridgehead atoms. The number of carbonyl (C=O) groups is 8. The Morgan fingerprint density at radius 2 is 0.824 bits per heavy atom. The minimum atomic E-state index is -0.981. The van der Waals surface area contributed by atoms with Gasteiger partial charge in [0.15, 0.2) is 46.0 Å². The lowest BCUT2D eigenvalue weighted by Crippen LogP contribution is -2.51. The molecular formula is C56H73N11O18. The first kappa shape index (κ1) is 65.0. The predicted molar refractivity (Wildman–Crippen MR) is 303 cm³/mol. The van der Waals surface area contributed by atoms with Gasteiger partial charge in [0.25, 0.3) is 47.3 Å². The first-order valence-electron chi connectivity index (χ1n) is 27.5. The zero-order chi connectivity index (χ0) is 61.7. The SMILES string of the molecule is COCCOCCNC(=O)c1ccc(C(=O)NCCCC2CN3CCNC(=O)c4ccc(c(O)c4O)C(=O)NCCN(CCNC(=O)c4ccc(c(O)c4O)C(=O)NC(CCCCN)C3)CCNC(=O)c3ccc(c(O)c3O)C(=O)N2)c(O)c1O. The second-order valence-corrected chi connectivity index (χ2v) is 19.9. The summed E-state index contributed by atoms with van der Waals surface area (Å²) >= 11 is 0. The maximum Gasteiger partial charge on any atom is 0.255 e. The van der Waals surface area contributed by atoms with Crippen molar-refractivity contribution < 1.29 is 88.7 Å². The van der Waals surface area contributed by atoms with Gasteiger partial charge in [-0.2, -0.15) is 0 Å². The van der Waals surface area contributed by atoms with Crippen LogP contribution in [0.15, 0.2) is 48.5 Å². The molecule has 0 saturated carbocycles. The highest BCUT2D eigenvalue weighted by Crippen LogP contribution is 2.36. The molecular weight excluding hydrogens is 1110 g/mol. The molecule has 12 aliphatic rings. The fourth-order valence-electron chi connectivity index (χ4n) is 9.39. The molecule has 460 valence electrons. The van der Waals surface area contributed by atoms with Crippen LogP contribution in [0.25, 0.3) is 0 Å². The molecule has 4 unspecified atom stereocenters. The highest BCUT2D eigenvalue weighted by molar-refractivity contribution is 6.06. The van der Waals surface area contributed by atoms with Gasteiger partial charge in [-0.25, -0.2) is 0 Å². The Morgan fingerprint density at radius 1 is 0.471 bits per heavy atom. The van der Waals surface area contributed by atoms with E-state index in [1.165, 1.54) is 7.11 Å². The van der Waals surface area contributed by atoms with Crippen LogP contribution in [0.5, 0.6) is 46.0 Å². The predicted octanol–water partition coefficient (Wildman–Crippen LogP) is -0.789. The fourth-order valence-corrected chi connectivity index (χ4v) is 9.39. The molecule has 8 amide bonds. The molecule has 4 atom stereocenters. The smallest absolute Gasteiger partial charge is 0.255 e. The molecule has 29 nitrogen and oxygen atoms in total. The number of benzene rings is 4. The number of nitrogens with zero attached hydrogens (tertiary/aromatic N) is 2. The monoisotopic (exact) mass is 1190 g/mol. The van der Waals surface area contributed by atoms with Gasteiger partial charge in [0.1, 0.15) is 0 Å². The Kier molecular flexibility index (Phi) is 24.1. The number of amides is 8. The number of carbonyl (C=O) groups excluding carboxylic acids is 8. The van der Waals surface area contributed by atoms with Crippen molar-refractivity contribution in [1.29, 1.82) is 0 Å². The van der Waals surface area contributed by atoms with Crippen molar-refractivity contribution in [2.24, 2.45) is 5.73 Å². The van der Waals surface area contributed by atoms with E-state index >= 15 is 0 Å². The minimum Gasteiger partial charge on any atom is -0.504 e. The molecule has 0 fully saturated rings. The molecule has 0 saturated heterocycles. The van der Waals surface area contributed by atoms with Crippen molar-refractivity contribution >= 4 is 47.3 Å². The number of hydrogen-bond donors (Lipinski definition) is 17. The van der Waals surface area contributed by atoms with E-state index in [1.807, 2.05) is 0 Å². The van der Waals surface area contributed by atoms with E-state index < -0.39 is 128 Å². The molecule has 4 aromatic carbocycles. The van der Waals surface area contributed by atoms with Crippen molar-refractivity contribution in [3.05, 3.63) is 93.0 Å². The van der Waals surface area contributed by atoms with Crippen LogP contribution in [0.2, 0.25) is 0 Å². The summed E-state index contributed by atoms with van der Waals surface area (Å²) in [6.07, 6.45) is 1.27. The van der Waals surface area contributed by atoms with Crippen LogP contribution in [0, 0.1) is 0 Å². The molecule has 16 rings (SSSR count). The van der Waals surface area contributed by atoms with Crippen LogP contribution in [0.3, 0.4) is 0 Å². The van der Waals surface area contributed by atoms with E-state index in [2.05, 4.69) is 42.5 Å². The average Bonchev–Trinajstić information content (AvgIpc) is 3.63. The van der Waals surface area contributed by atoms with Gasteiger partial charge >= 0.3 is 0 Å². The van der Waals surface area contributed by atoms with Crippen molar-refractivity contribution in [3.63, 3.8) is 0 Å². The van der Waals surface area contributed by atoms with Crippen molar-refractivity contribution in [2.45, 2.75) is 44.2 Å². The Morgan fingerprint density at radius 3 is 1.20 bits per heavy atom. The number of nitrogens with two attached hydrogens (primary N) is 1. The third-order valence-electron chi connectivity index (χ3n) is 14.0. The van der Waals surface area contributed by atoms with Crippen molar-refractivity contribution in [3.8, 4) is 46.0 Å². The Hall–Kier alpha value is -9.16. The maximum absolute atomic E-state index is 14.3.